The fourth-order valence-corrected chi connectivity index (χ4v) is 1.61. The summed E-state index contributed by atoms with van der Waals surface area (Å²) in [5.74, 6) is -0.956. The molecule has 18 heavy (non-hydrogen) atoms. The molecule has 0 saturated heterocycles. The SMILES string of the molecule is O=C(O)NCC(c1ccccc1)c1n[nH]c(=O)o1. The van der Waals surface area contributed by atoms with E-state index < -0.39 is 17.8 Å². The van der Waals surface area contributed by atoms with E-state index in [1.54, 1.807) is 0 Å². The molecule has 7 nitrogen and oxygen atoms in total. The minimum Gasteiger partial charge on any atom is -0.465 e. The lowest BCUT2D eigenvalue weighted by Crippen LogP contribution is -2.27. The van der Waals surface area contributed by atoms with Crippen LogP contribution in [0.15, 0.2) is 39.5 Å². The number of aromatic amines is 1. The van der Waals surface area contributed by atoms with Crippen LogP contribution in [0.3, 0.4) is 0 Å². The second-order valence-electron chi connectivity index (χ2n) is 3.60. The summed E-state index contributed by atoms with van der Waals surface area (Å²) >= 11 is 0. The molecule has 3 N–H and O–H groups in total. The van der Waals surface area contributed by atoms with E-state index in [0.29, 0.717) is 0 Å². The van der Waals surface area contributed by atoms with E-state index in [2.05, 4.69) is 15.5 Å². The molecule has 94 valence electrons. The molecule has 2 rings (SSSR count). The molecule has 1 heterocycles. The molecule has 0 saturated carbocycles. The third-order valence-corrected chi connectivity index (χ3v) is 2.41. The lowest BCUT2D eigenvalue weighted by Gasteiger charge is -2.12. The summed E-state index contributed by atoms with van der Waals surface area (Å²) < 4.78 is 4.88. The van der Waals surface area contributed by atoms with Crippen LogP contribution in [0.1, 0.15) is 17.4 Å². The van der Waals surface area contributed by atoms with Crippen LogP contribution in [0.5, 0.6) is 0 Å². The first-order valence-corrected chi connectivity index (χ1v) is 5.24. The zero-order valence-electron chi connectivity index (χ0n) is 9.29. The van der Waals surface area contributed by atoms with E-state index in [-0.39, 0.29) is 12.4 Å². The van der Waals surface area contributed by atoms with Crippen LogP contribution in [0.2, 0.25) is 0 Å². The van der Waals surface area contributed by atoms with E-state index in [1.807, 2.05) is 30.3 Å². The normalized spacial score (nSPS) is 12.0. The van der Waals surface area contributed by atoms with Crippen LogP contribution in [-0.2, 0) is 0 Å². The molecule has 0 spiro atoms. The van der Waals surface area contributed by atoms with Gasteiger partial charge in [-0.05, 0) is 5.56 Å². The van der Waals surface area contributed by atoms with Gasteiger partial charge in [0, 0.05) is 6.54 Å². The van der Waals surface area contributed by atoms with Crippen molar-refractivity contribution >= 4 is 6.09 Å². The smallest absolute Gasteiger partial charge is 0.434 e. The Bertz CT molecular complexity index is 575. The number of hydrogen-bond donors (Lipinski definition) is 3. The number of carboxylic acid groups (broad SMARTS) is 1. The monoisotopic (exact) mass is 249 g/mol. The number of hydrogen-bond acceptors (Lipinski definition) is 4. The molecule has 0 bridgehead atoms. The van der Waals surface area contributed by atoms with Crippen molar-refractivity contribution in [3.8, 4) is 0 Å². The van der Waals surface area contributed by atoms with Crippen molar-refractivity contribution in [2.45, 2.75) is 5.92 Å². The standard InChI is InChI=1S/C11H11N3O4/c15-10(16)12-6-8(7-4-2-1-3-5-7)9-13-14-11(17)18-9/h1-5,8,12H,6H2,(H,14,17)(H,15,16). The summed E-state index contributed by atoms with van der Waals surface area (Å²) in [4.78, 5) is 21.5. The predicted molar refractivity (Wildman–Crippen MR) is 61.4 cm³/mol. The Morgan fingerprint density at radius 2 is 2.17 bits per heavy atom. The fraction of sp³-hybridized carbons (Fsp3) is 0.182. The maximum Gasteiger partial charge on any atom is 0.434 e. The van der Waals surface area contributed by atoms with Gasteiger partial charge >= 0.3 is 11.8 Å². The molecule has 0 aliphatic rings. The molecule has 1 aromatic heterocycles. The summed E-state index contributed by atoms with van der Waals surface area (Å²) in [5.41, 5.74) is 0.807. The Morgan fingerprint density at radius 3 is 2.72 bits per heavy atom. The van der Waals surface area contributed by atoms with Crippen molar-refractivity contribution in [2.24, 2.45) is 0 Å². The average Bonchev–Trinajstić information content (AvgIpc) is 2.77. The van der Waals surface area contributed by atoms with E-state index in [0.717, 1.165) is 5.56 Å². The first-order valence-electron chi connectivity index (χ1n) is 5.24. The summed E-state index contributed by atoms with van der Waals surface area (Å²) in [6.07, 6.45) is -1.14. The molecule has 2 aromatic rings. The highest BCUT2D eigenvalue weighted by Gasteiger charge is 2.20. The third-order valence-electron chi connectivity index (χ3n) is 2.41. The minimum absolute atomic E-state index is 0.0765. The molecule has 0 aliphatic heterocycles. The molecule has 1 aromatic carbocycles. The van der Waals surface area contributed by atoms with Gasteiger partial charge in [-0.15, -0.1) is 5.10 Å². The van der Waals surface area contributed by atoms with Gasteiger partial charge in [-0.2, -0.15) is 0 Å². The number of nitrogens with one attached hydrogen (secondary N) is 2. The van der Waals surface area contributed by atoms with Crippen LogP contribution < -0.4 is 11.1 Å². The number of nitrogens with zero attached hydrogens (tertiary/aromatic N) is 1. The van der Waals surface area contributed by atoms with Crippen molar-refractivity contribution in [2.75, 3.05) is 6.54 Å². The predicted octanol–water partition coefficient (Wildman–Crippen LogP) is 0.762. The van der Waals surface area contributed by atoms with Crippen LogP contribution in [-0.4, -0.2) is 27.9 Å². The van der Waals surface area contributed by atoms with E-state index >= 15 is 0 Å². The van der Waals surface area contributed by atoms with Crippen LogP contribution in [0, 0.1) is 0 Å². The molecule has 0 radical (unpaired) electrons. The summed E-state index contributed by atoms with van der Waals surface area (Å²) in [7, 11) is 0. The van der Waals surface area contributed by atoms with Gasteiger partial charge in [0.2, 0.25) is 5.89 Å². The Hall–Kier alpha value is -2.57. The lowest BCUT2D eigenvalue weighted by molar-refractivity contribution is 0.193. The van der Waals surface area contributed by atoms with Gasteiger partial charge in [0.25, 0.3) is 0 Å². The Kier molecular flexibility index (Phi) is 3.42. The highest BCUT2D eigenvalue weighted by atomic mass is 16.4. The zero-order valence-corrected chi connectivity index (χ0v) is 9.29. The van der Waals surface area contributed by atoms with Gasteiger partial charge in [-0.1, -0.05) is 30.3 Å². The van der Waals surface area contributed by atoms with Crippen molar-refractivity contribution in [1.82, 2.24) is 15.5 Å². The number of rotatable bonds is 4. The number of benzene rings is 1. The molecular formula is C11H11N3O4. The topological polar surface area (TPSA) is 108 Å². The lowest BCUT2D eigenvalue weighted by atomic mass is 9.99. The molecule has 0 fully saturated rings. The van der Waals surface area contributed by atoms with Gasteiger partial charge < -0.3 is 14.8 Å². The quantitative estimate of drug-likeness (QED) is 0.741. The third kappa shape index (κ3) is 2.76. The summed E-state index contributed by atoms with van der Waals surface area (Å²) in [6.45, 7) is 0.0765. The van der Waals surface area contributed by atoms with Gasteiger partial charge in [0.05, 0.1) is 5.92 Å². The molecular weight excluding hydrogens is 238 g/mol. The highest BCUT2D eigenvalue weighted by Crippen LogP contribution is 2.20. The Balaban J connectivity index is 2.28. The Labute approximate surface area is 101 Å². The molecule has 7 heteroatoms. The number of amides is 1. The van der Waals surface area contributed by atoms with E-state index in [4.69, 9.17) is 9.52 Å². The summed E-state index contributed by atoms with van der Waals surface area (Å²) in [5, 5.41) is 16.8. The van der Waals surface area contributed by atoms with Crippen LogP contribution in [0.25, 0.3) is 0 Å². The van der Waals surface area contributed by atoms with E-state index in [1.165, 1.54) is 0 Å². The molecule has 1 unspecified atom stereocenters. The maximum atomic E-state index is 10.9. The fourth-order valence-electron chi connectivity index (χ4n) is 1.61. The second-order valence-corrected chi connectivity index (χ2v) is 3.60. The van der Waals surface area contributed by atoms with Crippen molar-refractivity contribution in [3.63, 3.8) is 0 Å². The Morgan fingerprint density at radius 1 is 1.44 bits per heavy atom. The maximum absolute atomic E-state index is 10.9. The van der Waals surface area contributed by atoms with Crippen LogP contribution >= 0.6 is 0 Å². The number of carbonyl (C=O) groups is 1. The molecule has 0 aliphatic carbocycles. The van der Waals surface area contributed by atoms with Gasteiger partial charge in [0.15, 0.2) is 0 Å². The highest BCUT2D eigenvalue weighted by molar-refractivity contribution is 5.64. The first-order chi connectivity index (χ1) is 8.66. The van der Waals surface area contributed by atoms with Gasteiger partial charge in [-0.3, -0.25) is 0 Å². The summed E-state index contributed by atoms with van der Waals surface area (Å²) in [6, 6.07) is 9.08. The van der Waals surface area contributed by atoms with Crippen molar-refractivity contribution in [1.29, 1.82) is 0 Å². The van der Waals surface area contributed by atoms with Gasteiger partial charge in [-0.25, -0.2) is 14.7 Å². The number of aromatic nitrogens is 2. The van der Waals surface area contributed by atoms with E-state index in [9.17, 15) is 9.59 Å². The van der Waals surface area contributed by atoms with Crippen molar-refractivity contribution in [3.05, 3.63) is 52.3 Å². The number of H-pyrrole nitrogens is 1. The van der Waals surface area contributed by atoms with Gasteiger partial charge in [0.1, 0.15) is 0 Å². The molecule has 1 atom stereocenters. The van der Waals surface area contributed by atoms with Crippen LogP contribution in [0.4, 0.5) is 4.79 Å². The first kappa shape index (κ1) is 11.9. The second kappa shape index (κ2) is 5.17. The largest absolute Gasteiger partial charge is 0.465 e. The minimum atomic E-state index is -1.14. The van der Waals surface area contributed by atoms with Crippen molar-refractivity contribution < 1.29 is 14.3 Å². The molecule has 1 amide bonds. The zero-order chi connectivity index (χ0) is 13.0. The average molecular weight is 249 g/mol.